The Morgan fingerprint density at radius 3 is 1.32 bits per heavy atom. The molecule has 20 heteroatoms. The number of thiazole rings is 1. The summed E-state index contributed by atoms with van der Waals surface area (Å²) in [6.45, 7) is 1.91. The maximum absolute atomic E-state index is 8.01. The van der Waals surface area contributed by atoms with Crippen LogP contribution in [-0.4, -0.2) is 60.6 Å². The first-order chi connectivity index (χ1) is 52.1. The lowest BCUT2D eigenvalue weighted by Gasteiger charge is -2.03. The average Bonchev–Trinajstić information content (AvgIpc) is 1.57. The lowest BCUT2D eigenvalue weighted by molar-refractivity contribution is -0.651. The average molecular weight is 1360 g/mol. The molecule has 103 heavy (non-hydrogen) atoms. The van der Waals surface area contributed by atoms with Crippen molar-refractivity contribution < 1.29 is 31.4 Å². The Kier molecular flexibility index (Phi) is 11.6. The maximum Gasteiger partial charge on any atom is 0.333 e. The van der Waals surface area contributed by atoms with Crippen LogP contribution in [0.25, 0.3) is 145 Å². The van der Waals surface area contributed by atoms with Gasteiger partial charge in [-0.25, -0.2) is 36.0 Å². The number of nitrogens with zero attached hydrogens (tertiary/aromatic N) is 18. The third-order valence-electron chi connectivity index (χ3n) is 21.0. The molecular weight excluding hydrogens is 1300 g/mol. The van der Waals surface area contributed by atoms with E-state index in [1.165, 1.54) is 115 Å². The van der Waals surface area contributed by atoms with Crippen LogP contribution >= 0.6 is 11.3 Å². The fourth-order valence-electron chi connectivity index (χ4n) is 16.6. The van der Waals surface area contributed by atoms with Gasteiger partial charge in [0.05, 0.1) is 91.0 Å². The summed E-state index contributed by atoms with van der Waals surface area (Å²) in [6, 6.07) is 62.7. The van der Waals surface area contributed by atoms with Gasteiger partial charge in [0.25, 0.3) is 22.8 Å². The highest BCUT2D eigenvalue weighted by atomic mass is 32.1. The van der Waals surface area contributed by atoms with Crippen LogP contribution in [0.4, 0.5) is 0 Å². The Morgan fingerprint density at radius 1 is 0.369 bits per heavy atom. The monoisotopic (exact) mass is 1360 g/mol. The van der Waals surface area contributed by atoms with Gasteiger partial charge >= 0.3 is 11.3 Å². The predicted octanol–water partition coefficient (Wildman–Crippen LogP) is 13.1. The molecule has 0 radical (unpaired) electrons. The molecule has 26 rings (SSSR count). The Bertz CT molecular complexity index is 7080. The molecule has 21 aromatic rings. The van der Waals surface area contributed by atoms with Crippen LogP contribution in [-0.2, 0) is 46.7 Å². The van der Waals surface area contributed by atoms with E-state index in [4.69, 9.17) is 8.53 Å². The molecule has 0 bridgehead atoms. The van der Waals surface area contributed by atoms with Gasteiger partial charge in [0.15, 0.2) is 21.6 Å². The molecule has 0 fully saturated rings. The van der Waals surface area contributed by atoms with Crippen molar-refractivity contribution in [3.05, 3.63) is 303 Å². The number of aryl methyl sites for hydroxylation is 2. The number of hydrogen-bond acceptors (Lipinski definition) is 7. The second kappa shape index (κ2) is 22.0. The Morgan fingerprint density at radius 2 is 0.767 bits per heavy atom. The molecular formula is C83H61N18OS+5. The Hall–Kier alpha value is -13.5. The first kappa shape index (κ1) is 54.5. The molecule has 20 aromatic heterocycles. The summed E-state index contributed by atoms with van der Waals surface area (Å²) in [6.07, 6.45) is 29.3. The second-order valence-electron chi connectivity index (χ2n) is 26.6. The smallest absolute Gasteiger partial charge is 0.333 e. The fourth-order valence-corrected chi connectivity index (χ4v) is 17.9. The summed E-state index contributed by atoms with van der Waals surface area (Å²) in [7, 11) is 2.14. The van der Waals surface area contributed by atoms with Crippen molar-refractivity contribution in [2.45, 2.75) is 32.7 Å². The standard InChI is InChI=1S/C21H15N4.2C16H13N4.C15H10N3O.C15H10N3S/c1-2-6-16(7-3-1)25-19-12-17-8-4-5-11-23(17)21(19)24-14-15-13-22-10-9-18(15)20(24)25;2*1-18-14-8-12-4-2-3-7-19(12)16(14)20-10-11-9-17-6-5-13(11)15(18)20;2*1-2-6-17-11(3-1)7-13-14(17)18-9-10-8-16-5-4-12(10)15(18)19-13/h1-13H,14H2;2*2-9H,10H2,1H3;2*1-8H,9H2/q5*+1/i;1D3;;;. The molecule has 490 valence electrons. The van der Waals surface area contributed by atoms with E-state index >= 15 is 0 Å². The zero-order valence-corrected chi connectivity index (χ0v) is 56.2. The van der Waals surface area contributed by atoms with E-state index in [1.54, 1.807) is 6.20 Å². The van der Waals surface area contributed by atoms with E-state index in [0.717, 1.165) is 88.0 Å². The van der Waals surface area contributed by atoms with Crippen LogP contribution in [0.15, 0.2) is 279 Å². The normalized spacial score (nSPS) is 13.5. The number of fused-ring (bicyclic) bond motifs is 35. The molecule has 1 aromatic carbocycles. The lowest BCUT2D eigenvalue weighted by Crippen LogP contribution is -2.32. The van der Waals surface area contributed by atoms with Crippen LogP contribution in [0.1, 0.15) is 31.9 Å². The highest BCUT2D eigenvalue weighted by molar-refractivity contribution is 7.21. The molecule has 0 saturated carbocycles. The summed E-state index contributed by atoms with van der Waals surface area (Å²) < 4.78 is 60.1. The van der Waals surface area contributed by atoms with Crippen molar-refractivity contribution in [2.24, 2.45) is 14.0 Å². The summed E-state index contributed by atoms with van der Waals surface area (Å²) in [5.41, 5.74) is 29.1. The first-order valence-corrected chi connectivity index (χ1v) is 35.1. The SMILES string of the molecule is Cn1c2[n+](c3c1cc1ccccn13)Cc1cnccc1-2.[2H]C([2H])([2H])n1c2[n+](c3c1cc1ccccn13)Cc1cnccc1-2.c1ccc(-n2c3[n+](c4c2cc2ccccn24)Cc2cnccc2-3)cc1.c1ccn2c(c1)cc1oc3[n+](c12)Cc1cnccc1-3.c1ccn2c(c1)cc1sc3[n+](c12)Cc1cnccc1-3. The van der Waals surface area contributed by atoms with Gasteiger partial charge in [0, 0.05) is 126 Å². The van der Waals surface area contributed by atoms with E-state index in [1.807, 2.05) is 126 Å². The molecule has 0 unspecified atom stereocenters. The van der Waals surface area contributed by atoms with Gasteiger partial charge in [-0.3, -0.25) is 34.1 Å². The largest absolute Gasteiger partial charge is 0.414 e. The molecule has 0 N–H and O–H groups in total. The molecule has 0 spiro atoms. The van der Waals surface area contributed by atoms with Crippen LogP contribution < -0.4 is 22.8 Å². The molecule has 5 aliphatic heterocycles. The number of imidazole rings is 3. The number of oxazole rings is 1. The predicted molar refractivity (Wildman–Crippen MR) is 395 cm³/mol. The third kappa shape index (κ3) is 8.43. The van der Waals surface area contributed by atoms with Crippen LogP contribution in [0.2, 0.25) is 0 Å². The van der Waals surface area contributed by atoms with E-state index in [-0.39, 0.29) is 0 Å². The van der Waals surface area contributed by atoms with Crippen molar-refractivity contribution in [1.82, 2.24) is 60.6 Å². The maximum atomic E-state index is 8.01. The first-order valence-electron chi connectivity index (χ1n) is 35.8. The van der Waals surface area contributed by atoms with Gasteiger partial charge < -0.3 is 4.42 Å². The Balaban J connectivity index is 0.0000000830. The van der Waals surface area contributed by atoms with Gasteiger partial charge in [0.2, 0.25) is 23.1 Å². The zero-order chi connectivity index (χ0) is 70.2. The van der Waals surface area contributed by atoms with Gasteiger partial charge in [-0.15, -0.1) is 0 Å². The van der Waals surface area contributed by atoms with E-state index in [0.29, 0.717) is 6.54 Å². The molecule has 0 atom stereocenters. The summed E-state index contributed by atoms with van der Waals surface area (Å²) in [5.74, 6) is 4.16. The molecule has 5 aliphatic rings. The number of hydrogen-bond donors (Lipinski definition) is 0. The summed E-state index contributed by atoms with van der Waals surface area (Å²) in [5, 5.41) is 1.35. The van der Waals surface area contributed by atoms with Crippen molar-refractivity contribution >= 4 is 94.0 Å². The Labute approximate surface area is 594 Å². The van der Waals surface area contributed by atoms with E-state index in [2.05, 4.69) is 240 Å². The highest BCUT2D eigenvalue weighted by Crippen LogP contribution is 2.39. The van der Waals surface area contributed by atoms with Crippen LogP contribution in [0.5, 0.6) is 0 Å². The lowest BCUT2D eigenvalue weighted by atomic mass is 10.1. The van der Waals surface area contributed by atoms with Crippen LogP contribution in [0.3, 0.4) is 0 Å². The van der Waals surface area contributed by atoms with Crippen molar-refractivity contribution in [3.8, 4) is 61.9 Å². The van der Waals surface area contributed by atoms with Crippen molar-refractivity contribution in [3.63, 3.8) is 0 Å². The number of benzene rings is 1. The quantitative estimate of drug-likeness (QED) is 0.150. The minimum absolute atomic E-state index is 0.638. The summed E-state index contributed by atoms with van der Waals surface area (Å²) >= 11 is 1.87. The van der Waals surface area contributed by atoms with E-state index in [9.17, 15) is 0 Å². The zero-order valence-electron chi connectivity index (χ0n) is 58.4. The van der Waals surface area contributed by atoms with Gasteiger partial charge in [-0.1, -0.05) is 59.9 Å². The number of aromatic nitrogens is 18. The number of para-hydroxylation sites is 1. The van der Waals surface area contributed by atoms with Gasteiger partial charge in [-0.05, 0) is 103 Å². The molecule has 25 heterocycles. The van der Waals surface area contributed by atoms with Crippen molar-refractivity contribution in [2.75, 3.05) is 0 Å². The molecule has 19 nitrogen and oxygen atoms in total. The van der Waals surface area contributed by atoms with Crippen LogP contribution in [0, 0.1) is 0 Å². The van der Waals surface area contributed by atoms with Gasteiger partial charge in [0.1, 0.15) is 51.1 Å². The minimum atomic E-state index is -2.24. The molecule has 0 amide bonds. The van der Waals surface area contributed by atoms with E-state index < -0.39 is 6.98 Å². The minimum Gasteiger partial charge on any atom is -0.414 e. The number of rotatable bonds is 1. The highest BCUT2D eigenvalue weighted by Gasteiger charge is 2.39. The second-order valence-corrected chi connectivity index (χ2v) is 27.7. The summed E-state index contributed by atoms with van der Waals surface area (Å²) in [4.78, 5) is 21.2. The topological polar surface area (TPSA) is 134 Å². The number of pyridine rings is 10. The third-order valence-corrected chi connectivity index (χ3v) is 22.2. The molecule has 0 aliphatic carbocycles. The fraction of sp³-hybridized carbons (Fsp3) is 0.0843. The molecule has 0 saturated heterocycles. The van der Waals surface area contributed by atoms with Gasteiger partial charge in [-0.2, -0.15) is 13.4 Å². The van der Waals surface area contributed by atoms with Crippen molar-refractivity contribution in [1.29, 1.82) is 0 Å².